The average molecular weight is 487 g/mol. The summed E-state index contributed by atoms with van der Waals surface area (Å²) >= 11 is 0. The third-order valence-corrected chi connectivity index (χ3v) is 7.06. The van der Waals surface area contributed by atoms with Gasteiger partial charge < -0.3 is 14.8 Å². The fraction of sp³-hybridized carbons (Fsp3) is 0.409. The number of benzene rings is 2. The lowest BCUT2D eigenvalue weighted by molar-refractivity contribution is -0.153. The maximum absolute atomic E-state index is 12.8. The molecule has 2 aromatic rings. The zero-order valence-corrected chi connectivity index (χ0v) is 19.1. The first-order valence-electron chi connectivity index (χ1n) is 10.3. The fourth-order valence-electron chi connectivity index (χ4n) is 3.27. The van der Waals surface area contributed by atoms with Crippen LogP contribution in [-0.2, 0) is 14.8 Å². The molecule has 1 aliphatic rings. The summed E-state index contributed by atoms with van der Waals surface area (Å²) in [5, 5.41) is 2.41. The van der Waals surface area contributed by atoms with Gasteiger partial charge >= 0.3 is 6.18 Å². The van der Waals surface area contributed by atoms with E-state index in [4.69, 9.17) is 9.47 Å². The van der Waals surface area contributed by atoms with Crippen LogP contribution in [0.25, 0.3) is 0 Å². The van der Waals surface area contributed by atoms with Crippen molar-refractivity contribution in [3.63, 3.8) is 0 Å². The molecule has 33 heavy (non-hydrogen) atoms. The predicted octanol–water partition coefficient (Wildman–Crippen LogP) is 4.05. The highest BCUT2D eigenvalue weighted by molar-refractivity contribution is 7.89. The minimum atomic E-state index is -4.60. The van der Waals surface area contributed by atoms with Crippen molar-refractivity contribution >= 4 is 21.6 Å². The molecular weight excluding hydrogens is 461 g/mol. The Morgan fingerprint density at radius 2 is 1.73 bits per heavy atom. The zero-order valence-electron chi connectivity index (χ0n) is 18.2. The van der Waals surface area contributed by atoms with Gasteiger partial charge in [0.25, 0.3) is 5.91 Å². The second kappa shape index (κ2) is 10.0. The van der Waals surface area contributed by atoms with Crippen LogP contribution in [-0.4, -0.2) is 51.1 Å². The van der Waals surface area contributed by atoms with Gasteiger partial charge in [-0.2, -0.15) is 17.5 Å². The lowest BCUT2D eigenvalue weighted by Crippen LogP contribution is -2.28. The molecular formula is C22H25F3N2O5S. The summed E-state index contributed by atoms with van der Waals surface area (Å²) in [7, 11) is -3.85. The number of carbonyl (C=O) groups is 1. The van der Waals surface area contributed by atoms with Gasteiger partial charge in [0.2, 0.25) is 10.0 Å². The van der Waals surface area contributed by atoms with Crippen LogP contribution < -0.4 is 14.8 Å². The van der Waals surface area contributed by atoms with Crippen LogP contribution in [0.4, 0.5) is 18.9 Å². The van der Waals surface area contributed by atoms with E-state index in [1.807, 2.05) is 19.9 Å². The Hall–Kier alpha value is -2.79. The number of nitrogens with zero attached hydrogens (tertiary/aromatic N) is 1. The highest BCUT2D eigenvalue weighted by Gasteiger charge is 2.31. The van der Waals surface area contributed by atoms with Crippen LogP contribution in [0.2, 0.25) is 0 Å². The molecule has 3 rings (SSSR count). The molecule has 7 nitrogen and oxygen atoms in total. The van der Waals surface area contributed by atoms with Crippen LogP contribution in [0.15, 0.2) is 41.3 Å². The molecule has 0 aliphatic carbocycles. The fourth-order valence-corrected chi connectivity index (χ4v) is 4.81. The second-order valence-corrected chi connectivity index (χ2v) is 9.69. The van der Waals surface area contributed by atoms with Crippen LogP contribution in [0.3, 0.4) is 0 Å². The number of alkyl halides is 3. The number of hydrogen-bond acceptors (Lipinski definition) is 5. The molecule has 1 heterocycles. The van der Waals surface area contributed by atoms with Crippen molar-refractivity contribution in [3.8, 4) is 11.5 Å². The van der Waals surface area contributed by atoms with Gasteiger partial charge in [0, 0.05) is 13.1 Å². The van der Waals surface area contributed by atoms with Crippen LogP contribution in [0.1, 0.15) is 24.0 Å². The Morgan fingerprint density at radius 1 is 1.03 bits per heavy atom. The van der Waals surface area contributed by atoms with Gasteiger partial charge in [-0.3, -0.25) is 4.79 Å². The molecule has 180 valence electrons. The highest BCUT2D eigenvalue weighted by atomic mass is 32.2. The summed E-state index contributed by atoms with van der Waals surface area (Å²) in [5.74, 6) is -0.528. The summed E-state index contributed by atoms with van der Waals surface area (Å²) in [6, 6.07) is 8.65. The molecule has 0 aromatic heterocycles. The lowest BCUT2D eigenvalue weighted by Gasteiger charge is -2.18. The van der Waals surface area contributed by atoms with E-state index in [1.54, 1.807) is 12.1 Å². The first-order valence-corrected chi connectivity index (χ1v) is 11.7. The number of hydrogen-bond donors (Lipinski definition) is 1. The van der Waals surface area contributed by atoms with E-state index in [0.29, 0.717) is 18.8 Å². The number of aryl methyl sites for hydroxylation is 2. The second-order valence-electron chi connectivity index (χ2n) is 7.76. The summed E-state index contributed by atoms with van der Waals surface area (Å²) < 4.78 is 75.2. The molecule has 0 radical (unpaired) electrons. The number of rotatable bonds is 8. The molecule has 0 bridgehead atoms. The number of ether oxygens (including phenoxy) is 2. The van der Waals surface area contributed by atoms with E-state index in [0.717, 1.165) is 36.1 Å². The molecule has 2 aromatic carbocycles. The molecule has 1 N–H and O–H groups in total. The number of carbonyl (C=O) groups excluding carboxylic acids is 1. The topological polar surface area (TPSA) is 84.9 Å². The minimum Gasteiger partial charge on any atom is -0.484 e. The van der Waals surface area contributed by atoms with Crippen molar-refractivity contribution in [3.05, 3.63) is 47.5 Å². The van der Waals surface area contributed by atoms with Crippen molar-refractivity contribution in [2.75, 3.05) is 31.6 Å². The Kier molecular flexibility index (Phi) is 7.53. The van der Waals surface area contributed by atoms with E-state index in [2.05, 4.69) is 5.32 Å². The van der Waals surface area contributed by atoms with Crippen molar-refractivity contribution in [2.45, 2.75) is 37.8 Å². The number of sulfonamides is 1. The molecule has 1 aliphatic heterocycles. The van der Waals surface area contributed by atoms with Crippen LogP contribution in [0, 0.1) is 13.8 Å². The Balaban J connectivity index is 1.79. The van der Waals surface area contributed by atoms with E-state index >= 15 is 0 Å². The Bertz CT molecular complexity index is 1110. The third kappa shape index (κ3) is 6.61. The van der Waals surface area contributed by atoms with Gasteiger partial charge in [-0.25, -0.2) is 8.42 Å². The minimum absolute atomic E-state index is 0.144. The summed E-state index contributed by atoms with van der Waals surface area (Å²) in [6.07, 6.45) is -3.15. The van der Waals surface area contributed by atoms with Crippen molar-refractivity contribution in [1.82, 2.24) is 4.31 Å². The number of anilines is 1. The SMILES string of the molecule is Cc1ccc(OCC(=O)Nc2cc(S(=O)(=O)N3CCCC3)ccc2OCC(F)(F)F)cc1C. The van der Waals surface area contributed by atoms with Gasteiger partial charge in [0.1, 0.15) is 11.5 Å². The normalized spacial score (nSPS) is 14.8. The molecule has 1 fully saturated rings. The maximum atomic E-state index is 12.8. The highest BCUT2D eigenvalue weighted by Crippen LogP contribution is 2.31. The standard InChI is InChI=1S/C22H25F3N2O5S/c1-15-5-6-17(11-16(15)2)31-13-21(28)26-19-12-18(33(29,30)27-9-3-4-10-27)7-8-20(19)32-14-22(23,24)25/h5-8,11-12H,3-4,9-10,13-14H2,1-2H3,(H,26,28). The van der Waals surface area contributed by atoms with Crippen LogP contribution in [0.5, 0.6) is 11.5 Å². The largest absolute Gasteiger partial charge is 0.484 e. The molecule has 11 heteroatoms. The molecule has 0 unspecified atom stereocenters. The van der Waals surface area contributed by atoms with E-state index in [9.17, 15) is 26.4 Å². The van der Waals surface area contributed by atoms with Gasteiger partial charge in [0.05, 0.1) is 10.6 Å². The maximum Gasteiger partial charge on any atom is 0.422 e. The third-order valence-electron chi connectivity index (χ3n) is 5.17. The first kappa shape index (κ1) is 24.8. The zero-order chi connectivity index (χ0) is 24.2. The van der Waals surface area contributed by atoms with E-state index in [-0.39, 0.29) is 16.3 Å². The van der Waals surface area contributed by atoms with E-state index < -0.39 is 35.3 Å². The molecule has 1 saturated heterocycles. The smallest absolute Gasteiger partial charge is 0.422 e. The van der Waals surface area contributed by atoms with Crippen LogP contribution >= 0.6 is 0 Å². The number of halogens is 3. The molecule has 0 spiro atoms. The number of nitrogens with one attached hydrogen (secondary N) is 1. The Morgan fingerprint density at radius 3 is 2.36 bits per heavy atom. The molecule has 0 atom stereocenters. The van der Waals surface area contributed by atoms with Gasteiger partial charge in [-0.05, 0) is 68.1 Å². The van der Waals surface area contributed by atoms with Crippen molar-refractivity contribution < 1.29 is 35.9 Å². The average Bonchev–Trinajstić information content (AvgIpc) is 3.29. The monoisotopic (exact) mass is 486 g/mol. The van der Waals surface area contributed by atoms with Crippen molar-refractivity contribution in [2.24, 2.45) is 0 Å². The first-order chi connectivity index (χ1) is 15.5. The Labute approximate surface area is 190 Å². The number of amides is 1. The van der Waals surface area contributed by atoms with Gasteiger partial charge in [-0.15, -0.1) is 0 Å². The summed E-state index contributed by atoms with van der Waals surface area (Å²) in [4.78, 5) is 12.3. The predicted molar refractivity (Wildman–Crippen MR) is 116 cm³/mol. The summed E-state index contributed by atoms with van der Waals surface area (Å²) in [5.41, 5.74) is 1.83. The van der Waals surface area contributed by atoms with E-state index in [1.165, 1.54) is 10.4 Å². The molecule has 0 saturated carbocycles. The van der Waals surface area contributed by atoms with Crippen molar-refractivity contribution in [1.29, 1.82) is 0 Å². The molecule has 1 amide bonds. The van der Waals surface area contributed by atoms with Gasteiger partial charge in [0.15, 0.2) is 13.2 Å². The summed E-state index contributed by atoms with van der Waals surface area (Å²) in [6.45, 7) is 2.52. The van der Waals surface area contributed by atoms with Gasteiger partial charge in [-0.1, -0.05) is 6.07 Å². The quantitative estimate of drug-likeness (QED) is 0.609. The lowest BCUT2D eigenvalue weighted by atomic mass is 10.1.